The highest BCUT2D eigenvalue weighted by Gasteiger charge is 2.19. The molecule has 0 saturated heterocycles. The van der Waals surface area contributed by atoms with Gasteiger partial charge in [-0.2, -0.15) is 0 Å². The molecule has 0 fully saturated rings. The summed E-state index contributed by atoms with van der Waals surface area (Å²) < 4.78 is 16.9. The molecule has 0 amide bonds. The summed E-state index contributed by atoms with van der Waals surface area (Å²) in [5.41, 5.74) is 0. The molecule has 6 heteroatoms. The zero-order valence-corrected chi connectivity index (χ0v) is 43.9. The first-order valence-electron chi connectivity index (χ1n) is 28.8. The van der Waals surface area contributed by atoms with E-state index in [2.05, 4.69) is 34.6 Å². The predicted molar refractivity (Wildman–Crippen MR) is 275 cm³/mol. The second-order valence-corrected chi connectivity index (χ2v) is 20.6. The third kappa shape index (κ3) is 49.8. The van der Waals surface area contributed by atoms with Gasteiger partial charge in [-0.15, -0.1) is 0 Å². The van der Waals surface area contributed by atoms with E-state index >= 15 is 0 Å². The number of carbonyl (C=O) groups excluding carboxylic acids is 3. The van der Waals surface area contributed by atoms with Crippen molar-refractivity contribution in [2.24, 2.45) is 11.8 Å². The summed E-state index contributed by atoms with van der Waals surface area (Å²) in [6, 6.07) is 0. The summed E-state index contributed by atoms with van der Waals surface area (Å²) in [6.45, 7) is 11.4. The molecular formula is C58H112O6. The summed E-state index contributed by atoms with van der Waals surface area (Å²) in [5, 5.41) is 0. The number of hydrogen-bond donors (Lipinski definition) is 0. The van der Waals surface area contributed by atoms with Crippen molar-refractivity contribution in [1.82, 2.24) is 0 Å². The van der Waals surface area contributed by atoms with E-state index in [0.29, 0.717) is 19.3 Å². The Balaban J connectivity index is 4.31. The molecule has 2 atom stereocenters. The molecule has 380 valence electrons. The molecule has 0 spiro atoms. The van der Waals surface area contributed by atoms with E-state index in [1.807, 2.05) is 0 Å². The van der Waals surface area contributed by atoms with Crippen molar-refractivity contribution >= 4 is 17.9 Å². The van der Waals surface area contributed by atoms with E-state index in [1.165, 1.54) is 212 Å². The number of hydrogen-bond acceptors (Lipinski definition) is 6. The van der Waals surface area contributed by atoms with Gasteiger partial charge in [0.25, 0.3) is 0 Å². The molecule has 0 aliphatic rings. The summed E-state index contributed by atoms with van der Waals surface area (Å²) in [4.78, 5) is 38.1. The molecule has 6 nitrogen and oxygen atoms in total. The molecule has 0 radical (unpaired) electrons. The van der Waals surface area contributed by atoms with Crippen LogP contribution in [0.5, 0.6) is 0 Å². The third-order valence-electron chi connectivity index (χ3n) is 13.6. The summed E-state index contributed by atoms with van der Waals surface area (Å²) in [6.07, 6.45) is 53.7. The van der Waals surface area contributed by atoms with Crippen molar-refractivity contribution < 1.29 is 28.6 Å². The molecule has 1 unspecified atom stereocenters. The highest BCUT2D eigenvalue weighted by atomic mass is 16.6. The number of rotatable bonds is 52. The Hall–Kier alpha value is -1.59. The van der Waals surface area contributed by atoms with Crippen molar-refractivity contribution in [3.05, 3.63) is 0 Å². The van der Waals surface area contributed by atoms with Gasteiger partial charge < -0.3 is 14.2 Å². The number of ether oxygens (including phenoxy) is 3. The lowest BCUT2D eigenvalue weighted by Crippen LogP contribution is -2.30. The highest BCUT2D eigenvalue weighted by Crippen LogP contribution is 2.18. The molecule has 0 aromatic heterocycles. The van der Waals surface area contributed by atoms with Crippen molar-refractivity contribution in [2.75, 3.05) is 13.2 Å². The van der Waals surface area contributed by atoms with Gasteiger partial charge in [-0.05, 0) is 31.1 Å². The normalized spacial score (nSPS) is 12.5. The third-order valence-corrected chi connectivity index (χ3v) is 13.6. The molecule has 64 heavy (non-hydrogen) atoms. The Morgan fingerprint density at radius 2 is 0.594 bits per heavy atom. The van der Waals surface area contributed by atoms with Crippen LogP contribution >= 0.6 is 0 Å². The molecular weight excluding hydrogens is 793 g/mol. The van der Waals surface area contributed by atoms with Crippen molar-refractivity contribution in [1.29, 1.82) is 0 Å². The van der Waals surface area contributed by atoms with Crippen LogP contribution in [0.25, 0.3) is 0 Å². The lowest BCUT2D eigenvalue weighted by atomic mass is 9.99. The van der Waals surface area contributed by atoms with E-state index < -0.39 is 6.10 Å². The van der Waals surface area contributed by atoms with Gasteiger partial charge in [-0.3, -0.25) is 14.4 Å². The highest BCUT2D eigenvalue weighted by molar-refractivity contribution is 5.71. The molecule has 0 aromatic rings. The van der Waals surface area contributed by atoms with Gasteiger partial charge in [0.15, 0.2) is 6.10 Å². The molecule has 0 aromatic carbocycles. The molecule has 0 N–H and O–H groups in total. The Morgan fingerprint density at radius 3 is 0.891 bits per heavy atom. The van der Waals surface area contributed by atoms with Gasteiger partial charge in [0.1, 0.15) is 13.2 Å². The van der Waals surface area contributed by atoms with Crippen molar-refractivity contribution in [3.8, 4) is 0 Å². The SMILES string of the molecule is CCCCCCCCCCCCCCCCCCC(=O)O[C@H](COC(=O)CCCCCCCCCCCCCCCC(C)C)COC(=O)CCCCCCCCCCCCC(C)CC. The Kier molecular flexibility index (Phi) is 49.6. The Morgan fingerprint density at radius 1 is 0.328 bits per heavy atom. The molecule has 0 aliphatic heterocycles. The molecule has 0 aliphatic carbocycles. The lowest BCUT2D eigenvalue weighted by Gasteiger charge is -2.18. The first-order chi connectivity index (χ1) is 31.3. The van der Waals surface area contributed by atoms with Crippen LogP contribution < -0.4 is 0 Å². The lowest BCUT2D eigenvalue weighted by molar-refractivity contribution is -0.167. The quantitative estimate of drug-likeness (QED) is 0.0344. The smallest absolute Gasteiger partial charge is 0.306 e. The summed E-state index contributed by atoms with van der Waals surface area (Å²) in [7, 11) is 0. The van der Waals surface area contributed by atoms with E-state index in [-0.39, 0.29) is 31.1 Å². The van der Waals surface area contributed by atoms with Crippen LogP contribution in [-0.2, 0) is 28.6 Å². The number of carbonyl (C=O) groups is 3. The fraction of sp³-hybridized carbons (Fsp3) is 0.948. The standard InChI is InChI=1S/C58H112O6/c1-6-8-9-10-11-12-13-14-15-16-19-23-30-35-40-45-50-58(61)64-55(52-63-57(60)49-44-39-34-29-25-24-27-32-37-42-47-54(5)7-2)51-62-56(59)48-43-38-33-28-22-20-17-18-21-26-31-36-41-46-53(3)4/h53-55H,6-52H2,1-5H3/t54?,55-/m1/s1. The largest absolute Gasteiger partial charge is 0.462 e. The van der Waals surface area contributed by atoms with Crippen LogP contribution in [0.4, 0.5) is 0 Å². The van der Waals surface area contributed by atoms with Crippen LogP contribution in [0.3, 0.4) is 0 Å². The second kappa shape index (κ2) is 50.8. The monoisotopic (exact) mass is 905 g/mol. The van der Waals surface area contributed by atoms with Crippen LogP contribution in [0.1, 0.15) is 324 Å². The van der Waals surface area contributed by atoms with E-state index in [9.17, 15) is 14.4 Å². The van der Waals surface area contributed by atoms with Gasteiger partial charge in [0.2, 0.25) is 0 Å². The van der Waals surface area contributed by atoms with Gasteiger partial charge in [0, 0.05) is 19.3 Å². The molecule has 0 heterocycles. The zero-order valence-electron chi connectivity index (χ0n) is 43.9. The minimum atomic E-state index is -0.763. The molecule has 0 bridgehead atoms. The molecule has 0 saturated carbocycles. The second-order valence-electron chi connectivity index (χ2n) is 20.6. The number of esters is 3. The van der Waals surface area contributed by atoms with Gasteiger partial charge in [-0.25, -0.2) is 0 Å². The summed E-state index contributed by atoms with van der Waals surface area (Å²) in [5.74, 6) is 0.870. The topological polar surface area (TPSA) is 78.9 Å². The minimum Gasteiger partial charge on any atom is -0.462 e. The fourth-order valence-electron chi connectivity index (χ4n) is 8.84. The maximum absolute atomic E-state index is 12.8. The predicted octanol–water partition coefficient (Wildman–Crippen LogP) is 18.9. The van der Waals surface area contributed by atoms with Gasteiger partial charge >= 0.3 is 17.9 Å². The Labute approximate surface area is 399 Å². The van der Waals surface area contributed by atoms with E-state index in [1.54, 1.807) is 0 Å². The maximum atomic E-state index is 12.8. The van der Waals surface area contributed by atoms with Crippen LogP contribution in [0.15, 0.2) is 0 Å². The van der Waals surface area contributed by atoms with Crippen molar-refractivity contribution in [3.63, 3.8) is 0 Å². The Bertz CT molecular complexity index is 980. The van der Waals surface area contributed by atoms with Crippen LogP contribution in [0.2, 0.25) is 0 Å². The van der Waals surface area contributed by atoms with Crippen LogP contribution in [-0.4, -0.2) is 37.2 Å². The van der Waals surface area contributed by atoms with Crippen LogP contribution in [0, 0.1) is 11.8 Å². The average Bonchev–Trinajstić information content (AvgIpc) is 3.28. The minimum absolute atomic E-state index is 0.0629. The van der Waals surface area contributed by atoms with Gasteiger partial charge in [0.05, 0.1) is 0 Å². The maximum Gasteiger partial charge on any atom is 0.306 e. The zero-order chi connectivity index (χ0) is 46.8. The summed E-state index contributed by atoms with van der Waals surface area (Å²) >= 11 is 0. The average molecular weight is 906 g/mol. The fourth-order valence-corrected chi connectivity index (χ4v) is 8.84. The first-order valence-corrected chi connectivity index (χ1v) is 28.8. The number of unbranched alkanes of at least 4 members (excludes halogenated alkanes) is 36. The van der Waals surface area contributed by atoms with Gasteiger partial charge in [-0.1, -0.05) is 285 Å². The van der Waals surface area contributed by atoms with E-state index in [0.717, 1.165) is 69.6 Å². The van der Waals surface area contributed by atoms with Crippen molar-refractivity contribution in [2.45, 2.75) is 330 Å². The first kappa shape index (κ1) is 62.4. The van der Waals surface area contributed by atoms with E-state index in [4.69, 9.17) is 14.2 Å². The molecule has 0 rings (SSSR count).